The van der Waals surface area contributed by atoms with Crippen molar-refractivity contribution in [3.8, 4) is 11.1 Å². The molecule has 2 heteroatoms. The molecule has 1 aromatic heterocycles. The molecule has 194 valence electrons. The summed E-state index contributed by atoms with van der Waals surface area (Å²) in [6.45, 7) is 8.60. The Hall–Kier alpha value is -5.08. The topological polar surface area (TPSA) is 27.8 Å². The lowest BCUT2D eigenvalue weighted by atomic mass is 9.99. The zero-order valence-corrected chi connectivity index (χ0v) is 22.9. The van der Waals surface area contributed by atoms with Gasteiger partial charge in [0.25, 0.3) is 0 Å². The lowest BCUT2D eigenvalue weighted by molar-refractivity contribution is 1.46. The third-order valence-electron chi connectivity index (χ3n) is 7.44. The van der Waals surface area contributed by atoms with Crippen LogP contribution in [0.3, 0.4) is 0 Å². The minimum absolute atomic E-state index is 0.949. The average Bonchev–Trinajstić information content (AvgIpc) is 3.36. The summed E-state index contributed by atoms with van der Waals surface area (Å²) in [5, 5.41) is 6.09. The van der Waals surface area contributed by atoms with Crippen LogP contribution in [0, 0.1) is 6.92 Å². The Bertz CT molecular complexity index is 1880. The van der Waals surface area contributed by atoms with Crippen LogP contribution in [-0.4, -0.2) is 4.98 Å². The molecule has 6 aromatic rings. The quantitative estimate of drug-likeness (QED) is 0.203. The molecule has 0 unspecified atom stereocenters. The van der Waals surface area contributed by atoms with Crippen molar-refractivity contribution in [3.63, 3.8) is 0 Å². The van der Waals surface area contributed by atoms with Crippen LogP contribution in [-0.2, 0) is 0 Å². The molecule has 40 heavy (non-hydrogen) atoms. The fraction of sp³-hybridized carbons (Fsp3) is 0.0526. The number of anilines is 2. The molecule has 0 aliphatic rings. The van der Waals surface area contributed by atoms with Crippen LogP contribution >= 0.6 is 0 Å². The van der Waals surface area contributed by atoms with Gasteiger partial charge in [0.2, 0.25) is 0 Å². The summed E-state index contributed by atoms with van der Waals surface area (Å²) in [5.41, 5.74) is 12.4. The Kier molecular flexibility index (Phi) is 6.91. The highest BCUT2D eigenvalue weighted by Crippen LogP contribution is 2.31. The highest BCUT2D eigenvalue weighted by molar-refractivity contribution is 6.08. The summed E-state index contributed by atoms with van der Waals surface area (Å²) in [7, 11) is 0. The summed E-state index contributed by atoms with van der Waals surface area (Å²) in [5.74, 6) is 0. The molecule has 0 bridgehead atoms. The molecule has 5 aromatic carbocycles. The maximum atomic E-state index is 4.41. The number of para-hydroxylation sites is 2. The van der Waals surface area contributed by atoms with Crippen LogP contribution in [0.2, 0.25) is 0 Å². The molecular weight excluding hydrogens is 484 g/mol. The number of aryl methyl sites for hydroxylation is 1. The fourth-order valence-corrected chi connectivity index (χ4v) is 5.19. The first-order chi connectivity index (χ1) is 19.6. The number of benzene rings is 5. The number of hydrogen-bond donors (Lipinski definition) is 2. The minimum atomic E-state index is 0.949. The number of aromatic nitrogens is 1. The van der Waals surface area contributed by atoms with Crippen molar-refractivity contribution in [1.82, 2.24) is 4.98 Å². The van der Waals surface area contributed by atoms with Gasteiger partial charge in [-0.3, -0.25) is 0 Å². The zero-order valence-electron chi connectivity index (χ0n) is 22.9. The van der Waals surface area contributed by atoms with E-state index >= 15 is 0 Å². The number of allylic oxidation sites excluding steroid dienone is 5. The standard InChI is InChI=1S/C38H32N2/c1-4-28(31-21-24-35-34-10-6-8-12-37(34)40-38(35)25-31)18-15-27(3)33-9-5-7-11-36(33)39-32-22-19-30(20-23-32)29-16-13-26(2)14-17-29/h4-25,39-40H,3H2,1-2H3/b18-15-,28-4+. The van der Waals surface area contributed by atoms with Crippen molar-refractivity contribution in [2.45, 2.75) is 13.8 Å². The van der Waals surface area contributed by atoms with E-state index < -0.39 is 0 Å². The minimum Gasteiger partial charge on any atom is -0.355 e. The van der Waals surface area contributed by atoms with Crippen molar-refractivity contribution in [1.29, 1.82) is 0 Å². The van der Waals surface area contributed by atoms with Gasteiger partial charge in [0.1, 0.15) is 0 Å². The van der Waals surface area contributed by atoms with Crippen LogP contribution in [0.5, 0.6) is 0 Å². The monoisotopic (exact) mass is 516 g/mol. The van der Waals surface area contributed by atoms with E-state index in [0.717, 1.165) is 39.1 Å². The van der Waals surface area contributed by atoms with Crippen molar-refractivity contribution >= 4 is 44.3 Å². The van der Waals surface area contributed by atoms with Gasteiger partial charge in [-0.25, -0.2) is 0 Å². The molecule has 0 radical (unpaired) electrons. The molecule has 0 saturated heterocycles. The molecule has 0 saturated carbocycles. The van der Waals surface area contributed by atoms with E-state index in [1.54, 1.807) is 0 Å². The highest BCUT2D eigenvalue weighted by atomic mass is 14.9. The van der Waals surface area contributed by atoms with Gasteiger partial charge in [0.05, 0.1) is 0 Å². The number of aromatic amines is 1. The number of nitrogens with one attached hydrogen (secondary N) is 2. The molecule has 0 amide bonds. The average molecular weight is 517 g/mol. The summed E-state index contributed by atoms with van der Waals surface area (Å²) in [4.78, 5) is 3.56. The van der Waals surface area contributed by atoms with Crippen molar-refractivity contribution in [2.24, 2.45) is 0 Å². The van der Waals surface area contributed by atoms with Gasteiger partial charge in [-0.2, -0.15) is 0 Å². The first kappa shape index (κ1) is 25.2. The van der Waals surface area contributed by atoms with E-state index in [-0.39, 0.29) is 0 Å². The number of hydrogen-bond acceptors (Lipinski definition) is 1. The van der Waals surface area contributed by atoms with Crippen LogP contribution in [0.4, 0.5) is 11.4 Å². The van der Waals surface area contributed by atoms with Crippen LogP contribution in [0.25, 0.3) is 44.1 Å². The molecule has 1 heterocycles. The maximum absolute atomic E-state index is 4.41. The first-order valence-electron chi connectivity index (χ1n) is 13.7. The van der Waals surface area contributed by atoms with E-state index in [1.165, 1.54) is 33.0 Å². The van der Waals surface area contributed by atoms with Crippen LogP contribution in [0.15, 0.2) is 140 Å². The van der Waals surface area contributed by atoms with E-state index in [1.807, 2.05) is 0 Å². The largest absolute Gasteiger partial charge is 0.355 e. The van der Waals surface area contributed by atoms with Crippen LogP contribution < -0.4 is 5.32 Å². The van der Waals surface area contributed by atoms with E-state index in [0.29, 0.717) is 0 Å². The summed E-state index contributed by atoms with van der Waals surface area (Å²) < 4.78 is 0. The lowest BCUT2D eigenvalue weighted by Crippen LogP contribution is -1.95. The van der Waals surface area contributed by atoms with Gasteiger partial charge < -0.3 is 10.3 Å². The Morgan fingerprint density at radius 1 is 0.700 bits per heavy atom. The van der Waals surface area contributed by atoms with Crippen molar-refractivity contribution in [2.75, 3.05) is 5.32 Å². The van der Waals surface area contributed by atoms with E-state index in [2.05, 4.69) is 164 Å². The summed E-state index contributed by atoms with van der Waals surface area (Å²) in [6.07, 6.45) is 6.40. The molecule has 0 aliphatic heterocycles. The smallest absolute Gasteiger partial charge is 0.0471 e. The molecule has 2 N–H and O–H groups in total. The normalized spacial score (nSPS) is 11.9. The van der Waals surface area contributed by atoms with E-state index in [4.69, 9.17) is 0 Å². The van der Waals surface area contributed by atoms with Gasteiger partial charge in [0, 0.05) is 38.7 Å². The Morgan fingerprint density at radius 2 is 1.38 bits per heavy atom. The molecule has 0 spiro atoms. The second kappa shape index (κ2) is 11.0. The zero-order chi connectivity index (χ0) is 27.5. The predicted molar refractivity (Wildman–Crippen MR) is 174 cm³/mol. The predicted octanol–water partition coefficient (Wildman–Crippen LogP) is 10.7. The Labute approximate surface area is 236 Å². The van der Waals surface area contributed by atoms with Gasteiger partial charge in [-0.15, -0.1) is 0 Å². The van der Waals surface area contributed by atoms with Crippen molar-refractivity contribution < 1.29 is 0 Å². The molecule has 6 rings (SSSR count). The fourth-order valence-electron chi connectivity index (χ4n) is 5.19. The summed E-state index contributed by atoms with van der Waals surface area (Å²) in [6, 6.07) is 40.6. The van der Waals surface area contributed by atoms with Gasteiger partial charge in [-0.05, 0) is 72.0 Å². The summed E-state index contributed by atoms with van der Waals surface area (Å²) >= 11 is 0. The number of fused-ring (bicyclic) bond motifs is 3. The Balaban J connectivity index is 1.21. The number of rotatable bonds is 7. The van der Waals surface area contributed by atoms with E-state index in [9.17, 15) is 0 Å². The number of H-pyrrole nitrogens is 1. The highest BCUT2D eigenvalue weighted by Gasteiger charge is 2.08. The lowest BCUT2D eigenvalue weighted by Gasteiger charge is -2.13. The second-order valence-electron chi connectivity index (χ2n) is 10.1. The first-order valence-corrected chi connectivity index (χ1v) is 13.7. The van der Waals surface area contributed by atoms with Crippen LogP contribution in [0.1, 0.15) is 23.6 Å². The molecular formula is C38H32N2. The van der Waals surface area contributed by atoms with Gasteiger partial charge in [-0.1, -0.05) is 115 Å². The molecule has 2 nitrogen and oxygen atoms in total. The third-order valence-corrected chi connectivity index (χ3v) is 7.44. The van der Waals surface area contributed by atoms with Crippen molar-refractivity contribution in [3.05, 3.63) is 157 Å². The molecule has 0 atom stereocenters. The third kappa shape index (κ3) is 5.12. The SMILES string of the molecule is C=C(/C=C\C(=C/C)c1ccc2c(c1)[nH]c1ccccc12)c1ccccc1Nc1ccc(-c2ccc(C)cc2)cc1. The molecule has 0 fully saturated rings. The second-order valence-corrected chi connectivity index (χ2v) is 10.1. The van der Waals surface area contributed by atoms with Gasteiger partial charge >= 0.3 is 0 Å². The Morgan fingerprint density at radius 3 is 2.15 bits per heavy atom. The molecule has 0 aliphatic carbocycles. The maximum Gasteiger partial charge on any atom is 0.0471 e. The van der Waals surface area contributed by atoms with Gasteiger partial charge in [0.15, 0.2) is 0 Å².